The zero-order valence-electron chi connectivity index (χ0n) is 49.6. The highest BCUT2D eigenvalue weighted by atomic mass is 35.5. The molecule has 1 heterocycles. The average Bonchev–Trinajstić information content (AvgIpc) is 3.67. The van der Waals surface area contributed by atoms with Crippen LogP contribution in [0.1, 0.15) is 124 Å². The highest BCUT2D eigenvalue weighted by Gasteiger charge is 2.37. The Balaban J connectivity index is 2.70. The van der Waals surface area contributed by atoms with E-state index in [9.17, 15) is 63.0 Å². The molecule has 1 aliphatic heterocycles. The second kappa shape index (κ2) is 39.9. The molecule has 11 amide bonds. The van der Waals surface area contributed by atoms with E-state index in [0.29, 0.717) is 17.0 Å². The molecule has 0 saturated carbocycles. The predicted molar refractivity (Wildman–Crippen MR) is 317 cm³/mol. The number of carbonyl (C=O) groups excluding carboxylic acids is 11. The SMILES string of the molecule is CCCCCCCC(=O)N[C@@H](CCN)C(=O)N[C@H](C(=O)N[C@@H](CCN)C(=O)N[C@H]1CCNC(=O)[C@H]([C@@H](C)O)NC(=O)[C@H](CCN)NC(=O)[C@H](CCN)NC(=O)[C@H](CC(C)C)NC(=O)[C@@H](Cc2ccc(Cl)cc2)NC(=O)[C@@H](CCN)NC1=O)[C@H](C)O. The van der Waals surface area contributed by atoms with Crippen LogP contribution in [0.2, 0.25) is 5.02 Å². The molecule has 30 heteroatoms. The Morgan fingerprint density at radius 3 is 1.56 bits per heavy atom. The van der Waals surface area contributed by atoms with Crippen molar-refractivity contribution in [2.75, 3.05) is 39.3 Å². The summed E-state index contributed by atoms with van der Waals surface area (Å²) in [5, 5.41) is 49.9. The molecule has 0 spiro atoms. The van der Waals surface area contributed by atoms with Gasteiger partial charge in [-0.1, -0.05) is 70.2 Å². The predicted octanol–water partition coefficient (Wildman–Crippen LogP) is -4.84. The van der Waals surface area contributed by atoms with E-state index < -0.39 is 151 Å². The van der Waals surface area contributed by atoms with Crippen molar-refractivity contribution in [3.05, 3.63) is 34.9 Å². The first-order valence-corrected chi connectivity index (χ1v) is 29.6. The normalized spacial score (nSPS) is 22.5. The van der Waals surface area contributed by atoms with Gasteiger partial charge in [0.25, 0.3) is 0 Å². The van der Waals surface area contributed by atoms with Crippen molar-refractivity contribution in [2.24, 2.45) is 34.6 Å². The van der Waals surface area contributed by atoms with Crippen molar-refractivity contribution in [2.45, 2.75) is 197 Å². The van der Waals surface area contributed by atoms with Crippen molar-refractivity contribution in [3.63, 3.8) is 0 Å². The number of carbonyl (C=O) groups is 11. The number of amides is 11. The van der Waals surface area contributed by atoms with Crippen LogP contribution in [0.25, 0.3) is 0 Å². The zero-order valence-corrected chi connectivity index (χ0v) is 50.4. The molecule has 0 aliphatic carbocycles. The summed E-state index contributed by atoms with van der Waals surface area (Å²) in [7, 11) is 0. The van der Waals surface area contributed by atoms with Crippen LogP contribution in [0.5, 0.6) is 0 Å². The van der Waals surface area contributed by atoms with Gasteiger partial charge in [0, 0.05) is 24.4 Å². The minimum Gasteiger partial charge on any atom is -0.391 e. The third-order valence-corrected chi connectivity index (χ3v) is 14.0. The van der Waals surface area contributed by atoms with Crippen molar-refractivity contribution in [3.8, 4) is 0 Å². The maximum atomic E-state index is 14.5. The lowest BCUT2D eigenvalue weighted by Gasteiger charge is -2.29. The number of unbranched alkanes of at least 4 members (excludes halogenated alkanes) is 4. The Hall–Kier alpha value is -6.60. The van der Waals surface area contributed by atoms with Crippen LogP contribution in [0.4, 0.5) is 0 Å². The zero-order chi connectivity index (χ0) is 63.8. The van der Waals surface area contributed by atoms with Gasteiger partial charge in [0.1, 0.15) is 60.4 Å². The van der Waals surface area contributed by atoms with E-state index in [4.69, 9.17) is 40.3 Å². The van der Waals surface area contributed by atoms with Gasteiger partial charge in [-0.15, -0.1) is 0 Å². The van der Waals surface area contributed by atoms with Crippen LogP contribution in [0.3, 0.4) is 0 Å². The van der Waals surface area contributed by atoms with Gasteiger partial charge >= 0.3 is 0 Å². The van der Waals surface area contributed by atoms with Crippen LogP contribution in [0, 0.1) is 5.92 Å². The molecule has 1 aromatic carbocycles. The first-order valence-electron chi connectivity index (χ1n) is 29.3. The second-order valence-electron chi connectivity index (χ2n) is 21.6. The monoisotopic (exact) mass is 1220 g/mol. The molecule has 480 valence electrons. The number of nitrogens with two attached hydrogens (primary N) is 5. The van der Waals surface area contributed by atoms with Crippen LogP contribution < -0.4 is 87.2 Å². The molecule has 0 bridgehead atoms. The fourth-order valence-electron chi connectivity index (χ4n) is 9.03. The summed E-state index contributed by atoms with van der Waals surface area (Å²) in [6, 6.07) is -8.61. The molecular weight excluding hydrogens is 1130 g/mol. The van der Waals surface area contributed by atoms with Crippen LogP contribution in [-0.2, 0) is 59.2 Å². The number of aliphatic hydroxyl groups excluding tert-OH is 2. The van der Waals surface area contributed by atoms with E-state index in [1.54, 1.807) is 38.1 Å². The van der Waals surface area contributed by atoms with Gasteiger partial charge in [-0.3, -0.25) is 52.7 Å². The van der Waals surface area contributed by atoms with Crippen LogP contribution in [-0.4, -0.2) is 187 Å². The summed E-state index contributed by atoms with van der Waals surface area (Å²) in [6.45, 7) is 6.79. The van der Waals surface area contributed by atoms with E-state index in [0.717, 1.165) is 25.7 Å². The molecule has 2 rings (SSSR count). The van der Waals surface area contributed by atoms with E-state index >= 15 is 0 Å². The van der Waals surface area contributed by atoms with Crippen molar-refractivity contribution in [1.29, 1.82) is 0 Å². The van der Waals surface area contributed by atoms with Crippen molar-refractivity contribution >= 4 is 76.6 Å². The summed E-state index contributed by atoms with van der Waals surface area (Å²) in [4.78, 5) is 154. The minimum absolute atomic E-state index is 0.0186. The van der Waals surface area contributed by atoms with Gasteiger partial charge in [0.15, 0.2) is 0 Å². The molecule has 1 aromatic rings. The number of halogens is 1. The quantitative estimate of drug-likeness (QED) is 0.0335. The first-order chi connectivity index (χ1) is 40.3. The number of hydrogen-bond donors (Lipinski definition) is 18. The third kappa shape index (κ3) is 27.1. The Labute approximate surface area is 502 Å². The summed E-state index contributed by atoms with van der Waals surface area (Å²) in [5.74, 6) is -10.1. The molecule has 1 saturated heterocycles. The highest BCUT2D eigenvalue weighted by Crippen LogP contribution is 2.14. The van der Waals surface area contributed by atoms with Gasteiger partial charge in [0.2, 0.25) is 65.0 Å². The number of nitrogens with one attached hydrogen (secondary N) is 11. The maximum absolute atomic E-state index is 14.5. The van der Waals surface area contributed by atoms with E-state index in [-0.39, 0.29) is 90.0 Å². The maximum Gasteiger partial charge on any atom is 0.245 e. The van der Waals surface area contributed by atoms with Gasteiger partial charge in [-0.05, 0) is 122 Å². The standard InChI is InChI=1S/C55H95ClN16O13/c1-6-7-8-9-10-11-43(75)63-35(16-22-57)50(80)72-45(32(5)74)55(85)68-38(19-25-60)47(77)67-40-21-27-62-54(84)44(31(4)73)71-51(81)39(20-26-61)65-46(76)36(17-23-58)66-52(82)41(28-30(2)3)69-53(83)42(29-33-12-14-34(56)15-13-33)70-48(78)37(18-24-59)64-49(40)79/h12-15,30-32,35-42,44-45,73-74H,6-11,16-29,57-61H2,1-5H3,(H,62,84)(H,63,75)(H,64,79)(H,65,76)(H,66,82)(H,67,77)(H,68,85)(H,69,83)(H,70,78)(H,71,81)(H,72,80)/t31-,32+,35+,36+,37-,38+,39+,40+,41+,42-,44+,45+/m1/s1. The van der Waals surface area contributed by atoms with Crippen LogP contribution >= 0.6 is 11.6 Å². The Bertz CT molecular complexity index is 2330. The fourth-order valence-corrected chi connectivity index (χ4v) is 9.16. The topological polar surface area (TPSA) is 491 Å². The minimum atomic E-state index is -1.70. The molecule has 0 aromatic heterocycles. The molecule has 29 nitrogen and oxygen atoms in total. The van der Waals surface area contributed by atoms with Gasteiger partial charge in [-0.25, -0.2) is 0 Å². The lowest BCUT2D eigenvalue weighted by molar-refractivity contribution is -0.137. The van der Waals surface area contributed by atoms with E-state index in [1.165, 1.54) is 13.8 Å². The second-order valence-corrected chi connectivity index (χ2v) is 22.0. The lowest BCUT2D eigenvalue weighted by atomic mass is 10.00. The van der Waals surface area contributed by atoms with Crippen molar-refractivity contribution in [1.82, 2.24) is 58.5 Å². The fraction of sp³-hybridized carbons (Fsp3) is 0.691. The highest BCUT2D eigenvalue weighted by molar-refractivity contribution is 6.30. The lowest BCUT2D eigenvalue weighted by Crippen LogP contribution is -2.62. The third-order valence-electron chi connectivity index (χ3n) is 13.8. The summed E-state index contributed by atoms with van der Waals surface area (Å²) < 4.78 is 0. The largest absolute Gasteiger partial charge is 0.391 e. The Morgan fingerprint density at radius 1 is 0.576 bits per heavy atom. The Kier molecular flexibility index (Phi) is 35.0. The molecule has 23 N–H and O–H groups in total. The van der Waals surface area contributed by atoms with Crippen molar-refractivity contribution < 1.29 is 63.0 Å². The van der Waals surface area contributed by atoms with Gasteiger partial charge in [0.05, 0.1) is 12.2 Å². The average molecular weight is 1220 g/mol. The number of rotatable bonds is 29. The smallest absolute Gasteiger partial charge is 0.245 e. The Morgan fingerprint density at radius 2 is 1.06 bits per heavy atom. The molecule has 12 atom stereocenters. The molecular formula is C55H95ClN16O13. The van der Waals surface area contributed by atoms with Crippen LogP contribution in [0.15, 0.2) is 24.3 Å². The molecule has 1 fully saturated rings. The summed E-state index contributed by atoms with van der Waals surface area (Å²) in [5.41, 5.74) is 29.8. The molecule has 0 unspecified atom stereocenters. The molecule has 85 heavy (non-hydrogen) atoms. The molecule has 1 aliphatic rings. The summed E-state index contributed by atoms with van der Waals surface area (Å²) in [6.07, 6.45) is -0.138. The first kappa shape index (κ1) is 74.5. The number of hydrogen-bond acceptors (Lipinski definition) is 18. The number of aliphatic hydroxyl groups is 2. The van der Waals surface area contributed by atoms with E-state index in [2.05, 4.69) is 65.4 Å². The van der Waals surface area contributed by atoms with E-state index in [1.807, 2.05) is 0 Å². The number of benzene rings is 1. The van der Waals surface area contributed by atoms with Gasteiger partial charge < -0.3 is 97.4 Å². The summed E-state index contributed by atoms with van der Waals surface area (Å²) >= 11 is 6.16. The molecule has 0 radical (unpaired) electrons. The van der Waals surface area contributed by atoms with Gasteiger partial charge in [-0.2, -0.15) is 0 Å².